The SMILES string of the molecule is COc1cc(-c2ccc(N=Nc3c(S(=O)(=O)O)cc4cc(Nc5ccccc5)ccc4c3O)c(OC)c2)ccc1N=Nc1ccc2c(S(=O)(=O)O)cc(S(=O)(=O)O)c(N)c2c1O. The summed E-state index contributed by atoms with van der Waals surface area (Å²) >= 11 is 0. The molecule has 7 aromatic rings. The summed E-state index contributed by atoms with van der Waals surface area (Å²) in [5.74, 6) is -0.986. The Morgan fingerprint density at radius 1 is 0.532 bits per heavy atom. The second-order valence-electron chi connectivity index (χ2n) is 13.2. The minimum absolute atomic E-state index is 0.125. The first-order valence-corrected chi connectivity index (χ1v) is 21.9. The Bertz CT molecular complexity index is 3370. The lowest BCUT2D eigenvalue weighted by atomic mass is 10.0. The van der Waals surface area contributed by atoms with Gasteiger partial charge >= 0.3 is 0 Å². The van der Waals surface area contributed by atoms with Crippen molar-refractivity contribution in [3.63, 3.8) is 0 Å². The monoisotopic (exact) mass is 900 g/mol. The van der Waals surface area contributed by atoms with Crippen LogP contribution in [0.2, 0.25) is 0 Å². The summed E-state index contributed by atoms with van der Waals surface area (Å²) in [5, 5.41) is 41.4. The van der Waals surface area contributed by atoms with Crippen molar-refractivity contribution >= 4 is 91.7 Å². The number of aromatic hydroxyl groups is 2. The summed E-state index contributed by atoms with van der Waals surface area (Å²) in [6.07, 6.45) is 0. The molecule has 0 fully saturated rings. The van der Waals surface area contributed by atoms with Gasteiger partial charge in [0, 0.05) is 22.1 Å². The number of hydrogen-bond donors (Lipinski definition) is 7. The van der Waals surface area contributed by atoms with Gasteiger partial charge in [0.05, 0.1) is 25.3 Å². The fraction of sp³-hybridized carbons (Fsp3) is 0.0500. The Kier molecular flexibility index (Phi) is 11.3. The predicted octanol–water partition coefficient (Wildman–Crippen LogP) is 8.99. The van der Waals surface area contributed by atoms with Crippen LogP contribution in [0.25, 0.3) is 32.7 Å². The zero-order valence-corrected chi connectivity index (χ0v) is 34.4. The number of para-hydroxylation sites is 1. The number of nitrogens with zero attached hydrogens (tertiary/aromatic N) is 4. The van der Waals surface area contributed by atoms with E-state index in [1.165, 1.54) is 32.4 Å². The third-order valence-corrected chi connectivity index (χ3v) is 12.0. The van der Waals surface area contributed by atoms with Crippen molar-refractivity contribution in [1.29, 1.82) is 0 Å². The predicted molar refractivity (Wildman–Crippen MR) is 228 cm³/mol. The van der Waals surface area contributed by atoms with Gasteiger partial charge in [0.2, 0.25) is 0 Å². The van der Waals surface area contributed by atoms with Crippen molar-refractivity contribution in [2.75, 3.05) is 25.3 Å². The molecule has 0 aliphatic carbocycles. The molecular weight excluding hydrogens is 869 g/mol. The van der Waals surface area contributed by atoms with Gasteiger partial charge in [-0.15, -0.1) is 20.5 Å². The van der Waals surface area contributed by atoms with Crippen LogP contribution in [0, 0.1) is 0 Å². The number of phenolic OH excluding ortho intramolecular Hbond substituents is 2. The molecule has 0 spiro atoms. The number of azo groups is 2. The number of anilines is 3. The van der Waals surface area contributed by atoms with E-state index in [1.807, 2.05) is 30.3 Å². The summed E-state index contributed by atoms with van der Waals surface area (Å²) in [5.41, 5.74) is 7.18. The molecule has 8 N–H and O–H groups in total. The number of nitrogens with two attached hydrogens (primary N) is 1. The van der Waals surface area contributed by atoms with E-state index in [0.29, 0.717) is 28.3 Å². The van der Waals surface area contributed by atoms with Crippen LogP contribution in [0.5, 0.6) is 23.0 Å². The Balaban J connectivity index is 1.19. The van der Waals surface area contributed by atoms with Crippen molar-refractivity contribution in [1.82, 2.24) is 0 Å². The highest BCUT2D eigenvalue weighted by molar-refractivity contribution is 7.87. The molecule has 0 unspecified atom stereocenters. The highest BCUT2D eigenvalue weighted by Crippen LogP contribution is 2.46. The molecule has 62 heavy (non-hydrogen) atoms. The maximum atomic E-state index is 12.5. The smallest absolute Gasteiger partial charge is 0.296 e. The normalized spacial score (nSPS) is 12.4. The van der Waals surface area contributed by atoms with Crippen LogP contribution >= 0.6 is 0 Å². The van der Waals surface area contributed by atoms with Gasteiger partial charge in [-0.05, 0) is 89.3 Å². The zero-order valence-electron chi connectivity index (χ0n) is 32.0. The van der Waals surface area contributed by atoms with Gasteiger partial charge < -0.3 is 30.7 Å². The highest BCUT2D eigenvalue weighted by atomic mass is 32.2. The summed E-state index contributed by atoms with van der Waals surface area (Å²) in [6.45, 7) is 0. The number of rotatable bonds is 12. The molecule has 0 aliphatic heterocycles. The maximum Gasteiger partial charge on any atom is 0.296 e. The number of nitrogen functional groups attached to an aromatic ring is 1. The number of phenols is 2. The van der Waals surface area contributed by atoms with Crippen molar-refractivity contribution in [3.8, 4) is 34.1 Å². The largest absolute Gasteiger partial charge is 0.505 e. The number of hydrogen-bond acceptors (Lipinski definition) is 16. The topological polar surface area (TPSA) is 310 Å². The van der Waals surface area contributed by atoms with Crippen LogP contribution in [0.1, 0.15) is 0 Å². The average Bonchev–Trinajstić information content (AvgIpc) is 3.22. The van der Waals surface area contributed by atoms with Crippen molar-refractivity contribution < 1.29 is 58.6 Å². The van der Waals surface area contributed by atoms with E-state index >= 15 is 0 Å². The lowest BCUT2D eigenvalue weighted by molar-refractivity contribution is 0.415. The first-order valence-electron chi connectivity index (χ1n) is 17.6. The fourth-order valence-electron chi connectivity index (χ4n) is 6.47. The van der Waals surface area contributed by atoms with Crippen LogP contribution in [-0.2, 0) is 30.4 Å². The van der Waals surface area contributed by atoms with Gasteiger partial charge in [-0.2, -0.15) is 25.3 Å². The third kappa shape index (κ3) is 8.54. The van der Waals surface area contributed by atoms with Gasteiger partial charge in [0.1, 0.15) is 48.9 Å². The van der Waals surface area contributed by atoms with E-state index in [1.54, 1.807) is 42.5 Å². The van der Waals surface area contributed by atoms with Crippen molar-refractivity contribution in [2.45, 2.75) is 14.7 Å². The number of ether oxygens (including phenoxy) is 2. The lowest BCUT2D eigenvalue weighted by Gasteiger charge is -2.13. The van der Waals surface area contributed by atoms with Gasteiger partial charge in [-0.3, -0.25) is 13.7 Å². The zero-order chi connectivity index (χ0) is 44.7. The molecule has 0 saturated heterocycles. The molecule has 0 bridgehead atoms. The van der Waals surface area contributed by atoms with Crippen LogP contribution in [0.15, 0.2) is 144 Å². The van der Waals surface area contributed by atoms with E-state index < -0.39 is 73.3 Å². The Morgan fingerprint density at radius 3 is 1.63 bits per heavy atom. The van der Waals surface area contributed by atoms with Crippen LogP contribution in [0.4, 0.5) is 39.8 Å². The molecule has 22 heteroatoms. The molecule has 7 rings (SSSR count). The molecule has 0 aromatic heterocycles. The number of fused-ring (bicyclic) bond motifs is 2. The molecule has 19 nitrogen and oxygen atoms in total. The number of benzene rings is 7. The molecule has 0 amide bonds. The van der Waals surface area contributed by atoms with Crippen LogP contribution < -0.4 is 20.5 Å². The summed E-state index contributed by atoms with van der Waals surface area (Å²) in [7, 11) is -12.4. The standard InChI is InChI=1S/C40H32N6O13S3/c1-58-31-17-21(8-13-28(31)43-45-30-15-12-27-33(60(49,50)51)20-34(61(52,53)54)37(41)36(27)40(30)48)22-9-14-29(32(18-22)59-2)44-46-38-35(62(55,56)57)19-23-16-25(10-11-26(23)39(38)47)42-24-6-4-3-5-7-24/h3-20,42,47-48H,41H2,1-2H3,(H,49,50,51)(H,52,53,54)(H,55,56,57). The second-order valence-corrected chi connectivity index (χ2v) is 17.4. The van der Waals surface area contributed by atoms with E-state index in [4.69, 9.17) is 15.2 Å². The average molecular weight is 901 g/mol. The molecule has 0 radical (unpaired) electrons. The third-order valence-electron chi connectivity index (χ3n) is 9.38. The van der Waals surface area contributed by atoms with Crippen molar-refractivity contribution in [2.24, 2.45) is 20.5 Å². The molecule has 7 aromatic carbocycles. The summed E-state index contributed by atoms with van der Waals surface area (Å²) in [6, 6.07) is 27.4. The lowest BCUT2D eigenvalue weighted by Crippen LogP contribution is -2.08. The fourth-order valence-corrected chi connectivity index (χ4v) is 8.56. The quantitative estimate of drug-likeness (QED) is 0.0342. The molecule has 318 valence electrons. The van der Waals surface area contributed by atoms with Gasteiger partial charge in [-0.1, -0.05) is 36.4 Å². The minimum Gasteiger partial charge on any atom is -0.505 e. The number of nitrogens with one attached hydrogen (secondary N) is 1. The van der Waals surface area contributed by atoms with Gasteiger partial charge in [-0.25, -0.2) is 0 Å². The first kappa shape index (κ1) is 42.9. The van der Waals surface area contributed by atoms with E-state index in [2.05, 4.69) is 25.8 Å². The molecule has 0 heterocycles. The first-order chi connectivity index (χ1) is 29.3. The minimum atomic E-state index is -5.11. The van der Waals surface area contributed by atoms with E-state index in [-0.39, 0.29) is 39.3 Å². The summed E-state index contributed by atoms with van der Waals surface area (Å²) in [4.78, 5) is -2.70. The van der Waals surface area contributed by atoms with E-state index in [9.17, 15) is 49.1 Å². The Morgan fingerprint density at radius 2 is 1.06 bits per heavy atom. The van der Waals surface area contributed by atoms with Gasteiger partial charge in [0.25, 0.3) is 30.4 Å². The Hall–Kier alpha value is -7.21. The van der Waals surface area contributed by atoms with Crippen LogP contribution in [0.3, 0.4) is 0 Å². The molecule has 0 saturated carbocycles. The molecular formula is C40H32N6O13S3. The summed E-state index contributed by atoms with van der Waals surface area (Å²) < 4.78 is 114. The molecule has 0 aliphatic rings. The van der Waals surface area contributed by atoms with Gasteiger partial charge in [0.15, 0.2) is 11.5 Å². The van der Waals surface area contributed by atoms with E-state index in [0.717, 1.165) is 17.8 Å². The van der Waals surface area contributed by atoms with Crippen molar-refractivity contribution in [3.05, 3.63) is 109 Å². The Labute approximate surface area is 352 Å². The maximum absolute atomic E-state index is 12.5. The number of methoxy groups -OCH3 is 2. The molecule has 0 atom stereocenters. The van der Waals surface area contributed by atoms with Crippen LogP contribution in [-0.4, -0.2) is 63.3 Å². The highest BCUT2D eigenvalue weighted by Gasteiger charge is 2.27. The second kappa shape index (κ2) is 16.3.